The molecular formula is C16H15BrFNO2S. The lowest BCUT2D eigenvalue weighted by atomic mass is 10.2. The highest BCUT2D eigenvalue weighted by Crippen LogP contribution is 2.27. The van der Waals surface area contributed by atoms with E-state index in [9.17, 15) is 9.18 Å². The van der Waals surface area contributed by atoms with Crippen LogP contribution < -0.4 is 10.1 Å². The molecule has 22 heavy (non-hydrogen) atoms. The number of nitrogens with one attached hydrogen (secondary N) is 1. The molecule has 0 aliphatic rings. The molecule has 0 aliphatic heterocycles. The van der Waals surface area contributed by atoms with Crippen LogP contribution in [0.2, 0.25) is 0 Å². The third-order valence-electron chi connectivity index (χ3n) is 2.85. The van der Waals surface area contributed by atoms with E-state index in [0.29, 0.717) is 11.4 Å². The first kappa shape index (κ1) is 16.8. The van der Waals surface area contributed by atoms with Crippen LogP contribution in [0.5, 0.6) is 5.75 Å². The summed E-state index contributed by atoms with van der Waals surface area (Å²) in [6, 6.07) is 11.5. The average molecular weight is 384 g/mol. The van der Waals surface area contributed by atoms with Crippen molar-refractivity contribution in [3.63, 3.8) is 0 Å². The van der Waals surface area contributed by atoms with Crippen LogP contribution in [0, 0.1) is 5.82 Å². The fourth-order valence-corrected chi connectivity index (χ4v) is 3.15. The van der Waals surface area contributed by atoms with Crippen LogP contribution in [0.1, 0.15) is 5.56 Å². The number of carbonyl (C=O) groups excluding carboxylic acids is 1. The summed E-state index contributed by atoms with van der Waals surface area (Å²) in [5.41, 5.74) is 1.70. The summed E-state index contributed by atoms with van der Waals surface area (Å²) < 4.78 is 18.8. The molecule has 0 heterocycles. The summed E-state index contributed by atoms with van der Waals surface area (Å²) in [5, 5.41) is 2.73. The molecule has 2 aromatic carbocycles. The average Bonchev–Trinajstić information content (AvgIpc) is 2.50. The highest BCUT2D eigenvalue weighted by molar-refractivity contribution is 9.10. The van der Waals surface area contributed by atoms with Gasteiger partial charge in [0.25, 0.3) is 0 Å². The number of benzene rings is 2. The molecule has 0 bridgehead atoms. The second kappa shape index (κ2) is 8.19. The van der Waals surface area contributed by atoms with Crippen molar-refractivity contribution in [1.29, 1.82) is 0 Å². The molecule has 0 fully saturated rings. The summed E-state index contributed by atoms with van der Waals surface area (Å²) >= 11 is 4.95. The normalized spacial score (nSPS) is 10.3. The van der Waals surface area contributed by atoms with Gasteiger partial charge in [0.1, 0.15) is 11.6 Å². The van der Waals surface area contributed by atoms with Crippen LogP contribution >= 0.6 is 27.7 Å². The van der Waals surface area contributed by atoms with E-state index in [0.717, 1.165) is 21.5 Å². The second-order valence-electron chi connectivity index (χ2n) is 4.52. The Labute approximate surface area is 141 Å². The fourth-order valence-electron chi connectivity index (χ4n) is 1.79. The Balaban J connectivity index is 1.79. The highest BCUT2D eigenvalue weighted by Gasteiger charge is 2.05. The molecule has 1 amide bonds. The number of thioether (sulfide) groups is 1. The van der Waals surface area contributed by atoms with Gasteiger partial charge in [-0.05, 0) is 57.9 Å². The molecule has 0 aromatic heterocycles. The van der Waals surface area contributed by atoms with E-state index in [1.165, 1.54) is 23.9 Å². The third kappa shape index (κ3) is 5.03. The van der Waals surface area contributed by atoms with Crippen LogP contribution in [0.4, 0.5) is 10.1 Å². The number of halogens is 2. The molecule has 0 radical (unpaired) electrons. The Morgan fingerprint density at radius 3 is 2.64 bits per heavy atom. The van der Waals surface area contributed by atoms with Gasteiger partial charge in [-0.2, -0.15) is 0 Å². The van der Waals surface area contributed by atoms with E-state index < -0.39 is 0 Å². The SMILES string of the molecule is COc1ccc(CSCC(=O)Nc2ccc(F)cc2)cc1Br. The summed E-state index contributed by atoms with van der Waals surface area (Å²) in [6.45, 7) is 0. The van der Waals surface area contributed by atoms with Gasteiger partial charge in [0.15, 0.2) is 0 Å². The van der Waals surface area contributed by atoms with Gasteiger partial charge in [-0.15, -0.1) is 11.8 Å². The van der Waals surface area contributed by atoms with Gasteiger partial charge in [-0.25, -0.2) is 4.39 Å². The van der Waals surface area contributed by atoms with E-state index in [4.69, 9.17) is 4.74 Å². The zero-order valence-electron chi connectivity index (χ0n) is 11.9. The van der Waals surface area contributed by atoms with E-state index in [1.807, 2.05) is 18.2 Å². The number of rotatable bonds is 6. The molecule has 0 saturated heterocycles. The van der Waals surface area contributed by atoms with Crippen molar-refractivity contribution >= 4 is 39.3 Å². The maximum Gasteiger partial charge on any atom is 0.234 e. The molecule has 0 aliphatic carbocycles. The van der Waals surface area contributed by atoms with Crippen LogP contribution in [0.15, 0.2) is 46.9 Å². The molecule has 2 aromatic rings. The van der Waals surface area contributed by atoms with Crippen molar-refractivity contribution in [2.75, 3.05) is 18.2 Å². The fraction of sp³-hybridized carbons (Fsp3) is 0.188. The first-order chi connectivity index (χ1) is 10.6. The van der Waals surface area contributed by atoms with Gasteiger partial charge < -0.3 is 10.1 Å². The number of amides is 1. The van der Waals surface area contributed by atoms with E-state index in [-0.39, 0.29) is 11.7 Å². The van der Waals surface area contributed by atoms with Crippen LogP contribution in [-0.4, -0.2) is 18.8 Å². The number of ether oxygens (including phenoxy) is 1. The number of hydrogen-bond donors (Lipinski definition) is 1. The molecule has 1 N–H and O–H groups in total. The zero-order chi connectivity index (χ0) is 15.9. The van der Waals surface area contributed by atoms with E-state index >= 15 is 0 Å². The summed E-state index contributed by atoms with van der Waals surface area (Å²) in [5.74, 6) is 1.41. The lowest BCUT2D eigenvalue weighted by Crippen LogP contribution is -2.14. The Morgan fingerprint density at radius 2 is 2.00 bits per heavy atom. The molecule has 0 saturated carbocycles. The Bertz CT molecular complexity index is 649. The number of methoxy groups -OCH3 is 1. The summed E-state index contributed by atoms with van der Waals surface area (Å²) in [4.78, 5) is 11.8. The van der Waals surface area contributed by atoms with Crippen molar-refractivity contribution in [3.8, 4) is 5.75 Å². The first-order valence-electron chi connectivity index (χ1n) is 6.54. The van der Waals surface area contributed by atoms with Gasteiger partial charge in [0, 0.05) is 11.4 Å². The predicted octanol–water partition coefficient (Wildman–Crippen LogP) is 4.47. The minimum absolute atomic E-state index is 0.107. The van der Waals surface area contributed by atoms with Crippen molar-refractivity contribution in [1.82, 2.24) is 0 Å². The van der Waals surface area contributed by atoms with Gasteiger partial charge in [-0.3, -0.25) is 4.79 Å². The maximum atomic E-state index is 12.8. The Morgan fingerprint density at radius 1 is 1.27 bits per heavy atom. The molecule has 0 unspecified atom stereocenters. The molecule has 0 atom stereocenters. The first-order valence-corrected chi connectivity index (χ1v) is 8.49. The largest absolute Gasteiger partial charge is 0.496 e. The Hall–Kier alpha value is -1.53. The quantitative estimate of drug-likeness (QED) is 0.799. The van der Waals surface area contributed by atoms with Crippen molar-refractivity contribution in [3.05, 3.63) is 58.3 Å². The minimum atomic E-state index is -0.322. The monoisotopic (exact) mass is 383 g/mol. The maximum absolute atomic E-state index is 12.8. The van der Waals surface area contributed by atoms with Crippen molar-refractivity contribution in [2.24, 2.45) is 0 Å². The van der Waals surface area contributed by atoms with Crippen molar-refractivity contribution < 1.29 is 13.9 Å². The van der Waals surface area contributed by atoms with Crippen molar-refractivity contribution in [2.45, 2.75) is 5.75 Å². The van der Waals surface area contributed by atoms with E-state index in [2.05, 4.69) is 21.2 Å². The highest BCUT2D eigenvalue weighted by atomic mass is 79.9. The molecule has 116 valence electrons. The van der Waals surface area contributed by atoms with Gasteiger partial charge in [0.05, 0.1) is 17.3 Å². The van der Waals surface area contributed by atoms with Crippen LogP contribution in [0.25, 0.3) is 0 Å². The molecule has 6 heteroatoms. The summed E-state index contributed by atoms with van der Waals surface area (Å²) in [6.07, 6.45) is 0. The number of hydrogen-bond acceptors (Lipinski definition) is 3. The minimum Gasteiger partial charge on any atom is -0.496 e. The van der Waals surface area contributed by atoms with Gasteiger partial charge >= 0.3 is 0 Å². The lowest BCUT2D eigenvalue weighted by Gasteiger charge is -2.07. The van der Waals surface area contributed by atoms with Crippen LogP contribution in [0.3, 0.4) is 0 Å². The van der Waals surface area contributed by atoms with E-state index in [1.54, 1.807) is 19.2 Å². The van der Waals surface area contributed by atoms with Gasteiger partial charge in [-0.1, -0.05) is 6.07 Å². The number of carbonyl (C=O) groups is 1. The molecule has 3 nitrogen and oxygen atoms in total. The van der Waals surface area contributed by atoms with Gasteiger partial charge in [0.2, 0.25) is 5.91 Å². The molecular weight excluding hydrogens is 369 g/mol. The number of anilines is 1. The standard InChI is InChI=1S/C16H15BrFNO2S/c1-21-15-7-2-11(8-14(15)17)9-22-10-16(20)19-13-5-3-12(18)4-6-13/h2-8H,9-10H2,1H3,(H,19,20). The zero-order valence-corrected chi connectivity index (χ0v) is 14.3. The lowest BCUT2D eigenvalue weighted by molar-refractivity contribution is -0.113. The topological polar surface area (TPSA) is 38.3 Å². The molecule has 0 spiro atoms. The predicted molar refractivity (Wildman–Crippen MR) is 91.9 cm³/mol. The van der Waals surface area contributed by atoms with Crippen LogP contribution in [-0.2, 0) is 10.5 Å². The molecule has 2 rings (SSSR count). The summed E-state index contributed by atoms with van der Waals surface area (Å²) in [7, 11) is 1.62. The smallest absolute Gasteiger partial charge is 0.234 e. The third-order valence-corrected chi connectivity index (χ3v) is 4.47. The second-order valence-corrected chi connectivity index (χ2v) is 6.36. The Kier molecular flexibility index (Phi) is 6.27.